The second-order valence-electron chi connectivity index (χ2n) is 8.93. The molecule has 4 aromatic rings. The van der Waals surface area contributed by atoms with Crippen molar-refractivity contribution in [3.05, 3.63) is 76.7 Å². The minimum Gasteiger partial charge on any atom is -0.386 e. The number of rotatable bonds is 4. The summed E-state index contributed by atoms with van der Waals surface area (Å²) >= 11 is 0. The lowest BCUT2D eigenvalue weighted by Crippen LogP contribution is -2.35. The molecule has 1 atom stereocenters. The number of hydrogen-bond donors (Lipinski definition) is 2. The molecule has 1 aromatic heterocycles. The molecule has 1 aliphatic heterocycles. The summed E-state index contributed by atoms with van der Waals surface area (Å²) < 4.78 is 41.0. The SMILES string of the molecule is CNc1c(-c2cccc3c(C(=O)c4cc(F)c(F)c(F)c4)c[nH]c23)c(C)cc2c1N(C)C(C)N2C. The molecule has 35 heavy (non-hydrogen) atoms. The highest BCUT2D eigenvalue weighted by molar-refractivity contribution is 6.18. The van der Waals surface area contributed by atoms with Crippen LogP contribution in [0.1, 0.15) is 28.4 Å². The van der Waals surface area contributed by atoms with Crippen LogP contribution >= 0.6 is 0 Å². The molecular weight excluding hydrogens is 453 g/mol. The second-order valence-corrected chi connectivity index (χ2v) is 8.93. The number of aryl methyl sites for hydroxylation is 1. The van der Waals surface area contributed by atoms with Crippen LogP contribution in [0.5, 0.6) is 0 Å². The number of ketones is 1. The molecule has 180 valence electrons. The lowest BCUT2D eigenvalue weighted by atomic mass is 9.93. The van der Waals surface area contributed by atoms with Crippen molar-refractivity contribution in [2.45, 2.75) is 20.0 Å². The number of H-pyrrole nitrogens is 1. The first kappa shape index (κ1) is 22.8. The number of aromatic nitrogens is 1. The minimum absolute atomic E-state index is 0.189. The van der Waals surface area contributed by atoms with Gasteiger partial charge >= 0.3 is 0 Å². The van der Waals surface area contributed by atoms with Gasteiger partial charge < -0.3 is 20.1 Å². The summed E-state index contributed by atoms with van der Waals surface area (Å²) in [7, 11) is 6.01. The molecule has 3 aromatic carbocycles. The number of benzene rings is 3. The molecule has 2 heterocycles. The zero-order valence-electron chi connectivity index (χ0n) is 20.1. The summed E-state index contributed by atoms with van der Waals surface area (Å²) in [5, 5.41) is 3.99. The first-order valence-corrected chi connectivity index (χ1v) is 11.3. The maximum absolute atomic E-state index is 13.8. The lowest BCUT2D eigenvalue weighted by molar-refractivity contribution is 0.103. The van der Waals surface area contributed by atoms with E-state index in [1.54, 1.807) is 6.07 Å². The summed E-state index contributed by atoms with van der Waals surface area (Å²) in [4.78, 5) is 20.8. The van der Waals surface area contributed by atoms with Crippen LogP contribution in [-0.2, 0) is 0 Å². The third-order valence-corrected chi connectivity index (χ3v) is 7.06. The smallest absolute Gasteiger partial charge is 0.195 e. The molecule has 0 spiro atoms. The van der Waals surface area contributed by atoms with Gasteiger partial charge in [0.2, 0.25) is 0 Å². The van der Waals surface area contributed by atoms with E-state index in [-0.39, 0.29) is 17.3 Å². The first-order chi connectivity index (χ1) is 16.6. The third kappa shape index (κ3) is 3.27. The fourth-order valence-corrected chi connectivity index (χ4v) is 5.05. The topological polar surface area (TPSA) is 51.4 Å². The molecule has 0 saturated heterocycles. The van der Waals surface area contributed by atoms with E-state index in [9.17, 15) is 18.0 Å². The summed E-state index contributed by atoms with van der Waals surface area (Å²) in [6.07, 6.45) is 1.72. The monoisotopic (exact) mass is 478 g/mol. The Hall–Kier alpha value is -3.94. The van der Waals surface area contributed by atoms with Crippen molar-refractivity contribution in [3.8, 4) is 11.1 Å². The number of hydrogen-bond acceptors (Lipinski definition) is 4. The van der Waals surface area contributed by atoms with Crippen LogP contribution in [0.25, 0.3) is 22.0 Å². The molecule has 0 fully saturated rings. The van der Waals surface area contributed by atoms with E-state index in [4.69, 9.17) is 0 Å². The Labute approximate surface area is 201 Å². The number of aromatic amines is 1. The maximum atomic E-state index is 13.8. The summed E-state index contributed by atoms with van der Waals surface area (Å²) in [6.45, 7) is 4.18. The number of nitrogens with one attached hydrogen (secondary N) is 2. The van der Waals surface area contributed by atoms with Crippen molar-refractivity contribution in [2.24, 2.45) is 0 Å². The van der Waals surface area contributed by atoms with Gasteiger partial charge in [0, 0.05) is 55.0 Å². The van der Waals surface area contributed by atoms with Crippen molar-refractivity contribution < 1.29 is 18.0 Å². The normalized spacial score (nSPS) is 15.1. The van der Waals surface area contributed by atoms with Crippen molar-refractivity contribution in [1.29, 1.82) is 0 Å². The predicted molar refractivity (Wildman–Crippen MR) is 134 cm³/mol. The van der Waals surface area contributed by atoms with Crippen molar-refractivity contribution in [3.63, 3.8) is 0 Å². The number of fused-ring (bicyclic) bond motifs is 2. The van der Waals surface area contributed by atoms with E-state index < -0.39 is 23.2 Å². The Balaban J connectivity index is 1.70. The predicted octanol–water partition coefficient (Wildman–Crippen LogP) is 6.07. The lowest BCUT2D eigenvalue weighted by Gasteiger charge is -2.24. The van der Waals surface area contributed by atoms with Gasteiger partial charge in [0.1, 0.15) is 0 Å². The van der Waals surface area contributed by atoms with Crippen LogP contribution in [0.3, 0.4) is 0 Å². The fourth-order valence-electron chi connectivity index (χ4n) is 5.05. The van der Waals surface area contributed by atoms with Crippen LogP contribution in [0.2, 0.25) is 0 Å². The van der Waals surface area contributed by atoms with Gasteiger partial charge in [0.25, 0.3) is 0 Å². The molecule has 0 bridgehead atoms. The molecule has 1 aliphatic rings. The molecule has 0 radical (unpaired) electrons. The first-order valence-electron chi connectivity index (χ1n) is 11.3. The molecule has 5 rings (SSSR count). The number of halogens is 3. The van der Waals surface area contributed by atoms with Gasteiger partial charge in [-0.25, -0.2) is 13.2 Å². The third-order valence-electron chi connectivity index (χ3n) is 7.06. The van der Waals surface area contributed by atoms with Gasteiger partial charge in [-0.15, -0.1) is 0 Å². The summed E-state index contributed by atoms with van der Waals surface area (Å²) in [6, 6.07) is 9.20. The van der Waals surface area contributed by atoms with Crippen LogP contribution in [0.4, 0.5) is 30.2 Å². The van der Waals surface area contributed by atoms with E-state index in [0.29, 0.717) is 5.39 Å². The van der Waals surface area contributed by atoms with E-state index in [1.807, 2.05) is 26.1 Å². The van der Waals surface area contributed by atoms with E-state index >= 15 is 0 Å². The van der Waals surface area contributed by atoms with Gasteiger partial charge in [0.05, 0.1) is 28.7 Å². The summed E-state index contributed by atoms with van der Waals surface area (Å²) in [5.74, 6) is -4.99. The van der Waals surface area contributed by atoms with Crippen molar-refractivity contribution in [1.82, 2.24) is 4.98 Å². The molecule has 0 saturated carbocycles. The average Bonchev–Trinajstić information content (AvgIpc) is 3.36. The summed E-state index contributed by atoms with van der Waals surface area (Å²) in [5.41, 5.74) is 6.83. The van der Waals surface area contributed by atoms with E-state index in [2.05, 4.69) is 47.2 Å². The molecule has 2 N–H and O–H groups in total. The average molecular weight is 479 g/mol. The van der Waals surface area contributed by atoms with E-state index in [1.165, 1.54) is 6.20 Å². The highest BCUT2D eigenvalue weighted by Gasteiger charge is 2.33. The molecule has 1 unspecified atom stereocenters. The number of para-hydroxylation sites is 1. The quantitative estimate of drug-likeness (QED) is 0.276. The molecule has 8 heteroatoms. The van der Waals surface area contributed by atoms with Gasteiger partial charge in [-0.1, -0.05) is 18.2 Å². The Morgan fingerprint density at radius 3 is 2.40 bits per heavy atom. The van der Waals surface area contributed by atoms with E-state index in [0.717, 1.165) is 51.4 Å². The number of carbonyl (C=O) groups is 1. The van der Waals surface area contributed by atoms with Gasteiger partial charge in [-0.3, -0.25) is 4.79 Å². The molecule has 5 nitrogen and oxygen atoms in total. The Morgan fingerprint density at radius 1 is 1.06 bits per heavy atom. The standard InChI is InChI=1S/C27H25F3N4O/c1-13-9-21-26(34(5)14(2)33(21)4)25(31-3)22(13)17-8-6-7-16-18(12-32-24(16)17)27(35)15-10-19(28)23(30)20(29)11-15/h6-12,14,31-32H,1-5H3. The molecular formula is C27H25F3N4O. The Bertz CT molecular complexity index is 1490. The fraction of sp³-hybridized carbons (Fsp3) is 0.222. The number of anilines is 3. The minimum atomic E-state index is -1.60. The zero-order chi connectivity index (χ0) is 25.2. The highest BCUT2D eigenvalue weighted by Crippen LogP contribution is 2.50. The van der Waals surface area contributed by atoms with Crippen LogP contribution < -0.4 is 15.1 Å². The van der Waals surface area contributed by atoms with Gasteiger partial charge in [-0.05, 0) is 37.6 Å². The number of nitrogens with zero attached hydrogens (tertiary/aromatic N) is 2. The Kier molecular flexibility index (Phi) is 5.27. The maximum Gasteiger partial charge on any atom is 0.195 e. The largest absolute Gasteiger partial charge is 0.386 e. The molecule has 0 amide bonds. The Morgan fingerprint density at radius 2 is 1.74 bits per heavy atom. The van der Waals surface area contributed by atoms with Crippen LogP contribution in [0, 0.1) is 24.4 Å². The molecule has 0 aliphatic carbocycles. The van der Waals surface area contributed by atoms with Crippen molar-refractivity contribution in [2.75, 3.05) is 36.3 Å². The van der Waals surface area contributed by atoms with Crippen molar-refractivity contribution >= 4 is 33.7 Å². The van der Waals surface area contributed by atoms with Crippen LogP contribution in [-0.4, -0.2) is 38.1 Å². The van der Waals surface area contributed by atoms with Crippen LogP contribution in [0.15, 0.2) is 42.6 Å². The second kappa shape index (κ2) is 8.08. The van der Waals surface area contributed by atoms with Gasteiger partial charge in [-0.2, -0.15) is 0 Å². The number of carbonyl (C=O) groups excluding carboxylic acids is 1. The highest BCUT2D eigenvalue weighted by atomic mass is 19.2. The zero-order valence-corrected chi connectivity index (χ0v) is 20.1. The van der Waals surface area contributed by atoms with Gasteiger partial charge in [0.15, 0.2) is 23.2 Å².